The van der Waals surface area contributed by atoms with E-state index in [0.29, 0.717) is 25.9 Å². The summed E-state index contributed by atoms with van der Waals surface area (Å²) < 4.78 is 11.8. The van der Waals surface area contributed by atoms with Crippen LogP contribution < -0.4 is 0 Å². The fourth-order valence-electron chi connectivity index (χ4n) is 4.26. The van der Waals surface area contributed by atoms with Gasteiger partial charge in [-0.3, -0.25) is 14.5 Å². The summed E-state index contributed by atoms with van der Waals surface area (Å²) in [5.74, 6) is -0.920. The lowest BCUT2D eigenvalue weighted by molar-refractivity contribution is -0.154. The van der Waals surface area contributed by atoms with E-state index in [1.807, 2.05) is 71.5 Å². The average molecular weight is 434 g/mol. The van der Waals surface area contributed by atoms with Gasteiger partial charge >= 0.3 is 11.9 Å². The Labute approximate surface area is 187 Å². The zero-order valence-electron chi connectivity index (χ0n) is 18.3. The molecule has 2 heterocycles. The Balaban J connectivity index is 1.67. The first-order valence-corrected chi connectivity index (χ1v) is 10.7. The predicted octanol–water partition coefficient (Wildman–Crippen LogP) is 3.47. The summed E-state index contributed by atoms with van der Waals surface area (Å²) in [6, 6.07) is 19.4. The highest BCUT2D eigenvalue weighted by Crippen LogP contribution is 2.30. The fraction of sp³-hybridized carbons (Fsp3) is 0.320. The van der Waals surface area contributed by atoms with Crippen LogP contribution in [0.2, 0.25) is 0 Å². The second-order valence-corrected chi connectivity index (χ2v) is 7.90. The van der Waals surface area contributed by atoms with Crippen molar-refractivity contribution in [1.82, 2.24) is 14.7 Å². The number of carbonyl (C=O) groups excluding carboxylic acids is 2. The van der Waals surface area contributed by atoms with Crippen molar-refractivity contribution >= 4 is 11.9 Å². The minimum atomic E-state index is -0.512. The monoisotopic (exact) mass is 433 g/mol. The highest BCUT2D eigenvalue weighted by atomic mass is 16.5. The first-order chi connectivity index (χ1) is 15.6. The molecule has 2 atom stereocenters. The molecule has 4 rings (SSSR count). The highest BCUT2D eigenvalue weighted by Gasteiger charge is 2.38. The Morgan fingerprint density at radius 1 is 0.969 bits per heavy atom. The number of methoxy groups -OCH3 is 2. The van der Waals surface area contributed by atoms with Crippen LogP contribution in [0, 0.1) is 5.92 Å². The topological polar surface area (TPSA) is 73.7 Å². The summed E-state index contributed by atoms with van der Waals surface area (Å²) in [6.45, 7) is 1.11. The van der Waals surface area contributed by atoms with Gasteiger partial charge in [0.15, 0.2) is 0 Å². The van der Waals surface area contributed by atoms with Crippen LogP contribution in [0.5, 0.6) is 0 Å². The second kappa shape index (κ2) is 9.78. The van der Waals surface area contributed by atoms with E-state index in [2.05, 4.69) is 4.90 Å². The standard InChI is InChI=1S/C25H27N3O4/c1-31-24(29)19-13-14-27(22(15-19)25(30)32-2)16-20-17-28(21-11-7-4-8-12-21)26-23(20)18-9-5-3-6-10-18/h3-12,17,19,22H,13-16H2,1-2H3/t19-,22-/m0/s1. The van der Waals surface area contributed by atoms with E-state index in [9.17, 15) is 9.59 Å². The molecule has 2 aromatic carbocycles. The predicted molar refractivity (Wildman–Crippen MR) is 120 cm³/mol. The third-order valence-corrected chi connectivity index (χ3v) is 5.95. The van der Waals surface area contributed by atoms with Crippen molar-refractivity contribution in [3.8, 4) is 16.9 Å². The first-order valence-electron chi connectivity index (χ1n) is 10.7. The van der Waals surface area contributed by atoms with Crippen LogP contribution in [0.15, 0.2) is 66.9 Å². The second-order valence-electron chi connectivity index (χ2n) is 7.90. The molecule has 1 aromatic heterocycles. The molecular formula is C25H27N3O4. The Kier molecular flexibility index (Phi) is 6.66. The number of piperidine rings is 1. The SMILES string of the molecule is COC(=O)[C@H]1CCN(Cc2cn(-c3ccccc3)nc2-c2ccccc2)[C@H](C(=O)OC)C1. The van der Waals surface area contributed by atoms with Gasteiger partial charge in [-0.15, -0.1) is 0 Å². The van der Waals surface area contributed by atoms with Gasteiger partial charge in [0.05, 0.1) is 31.5 Å². The number of hydrogen-bond acceptors (Lipinski definition) is 6. The molecular weight excluding hydrogens is 406 g/mol. The highest BCUT2D eigenvalue weighted by molar-refractivity contribution is 5.78. The number of ether oxygens (including phenoxy) is 2. The minimum Gasteiger partial charge on any atom is -0.469 e. The number of benzene rings is 2. The molecule has 0 amide bonds. The molecule has 1 aliphatic rings. The maximum absolute atomic E-state index is 12.6. The van der Waals surface area contributed by atoms with Gasteiger partial charge in [0, 0.05) is 30.4 Å². The molecule has 3 aromatic rings. The van der Waals surface area contributed by atoms with E-state index >= 15 is 0 Å². The maximum atomic E-state index is 12.6. The van der Waals surface area contributed by atoms with Gasteiger partial charge in [-0.05, 0) is 25.0 Å². The molecule has 1 fully saturated rings. The number of carbonyl (C=O) groups is 2. The average Bonchev–Trinajstić information content (AvgIpc) is 3.28. The summed E-state index contributed by atoms with van der Waals surface area (Å²) in [7, 11) is 2.76. The van der Waals surface area contributed by atoms with Crippen LogP contribution in [-0.2, 0) is 25.6 Å². The largest absolute Gasteiger partial charge is 0.469 e. The lowest BCUT2D eigenvalue weighted by Crippen LogP contribution is -2.48. The van der Waals surface area contributed by atoms with Gasteiger partial charge in [0.25, 0.3) is 0 Å². The van der Waals surface area contributed by atoms with Crippen LogP contribution in [0.25, 0.3) is 16.9 Å². The summed E-state index contributed by atoms with van der Waals surface area (Å²) in [4.78, 5) is 26.7. The number of rotatable bonds is 6. The van der Waals surface area contributed by atoms with Gasteiger partial charge in [0.1, 0.15) is 6.04 Å². The van der Waals surface area contributed by atoms with E-state index in [1.165, 1.54) is 14.2 Å². The zero-order chi connectivity index (χ0) is 22.5. The van der Waals surface area contributed by atoms with Crippen molar-refractivity contribution in [2.24, 2.45) is 5.92 Å². The molecule has 0 bridgehead atoms. The normalized spacial score (nSPS) is 18.8. The Morgan fingerprint density at radius 3 is 2.28 bits per heavy atom. The summed E-state index contributed by atoms with van der Waals surface area (Å²) in [5, 5.41) is 4.86. The lowest BCUT2D eigenvalue weighted by Gasteiger charge is -2.36. The van der Waals surface area contributed by atoms with Crippen molar-refractivity contribution in [3.63, 3.8) is 0 Å². The molecule has 166 valence electrons. The van der Waals surface area contributed by atoms with Crippen LogP contribution in [0.4, 0.5) is 0 Å². The number of esters is 2. The van der Waals surface area contributed by atoms with Crippen LogP contribution in [0.3, 0.4) is 0 Å². The quantitative estimate of drug-likeness (QED) is 0.555. The van der Waals surface area contributed by atoms with Crippen molar-refractivity contribution in [2.45, 2.75) is 25.4 Å². The van der Waals surface area contributed by atoms with Gasteiger partial charge in [0.2, 0.25) is 0 Å². The molecule has 0 spiro atoms. The molecule has 1 aliphatic heterocycles. The third-order valence-electron chi connectivity index (χ3n) is 5.95. The number of nitrogens with zero attached hydrogens (tertiary/aromatic N) is 3. The van der Waals surface area contributed by atoms with Crippen LogP contribution in [-0.4, -0.2) is 53.4 Å². The maximum Gasteiger partial charge on any atom is 0.323 e. The fourth-order valence-corrected chi connectivity index (χ4v) is 4.26. The number of hydrogen-bond donors (Lipinski definition) is 0. The number of para-hydroxylation sites is 1. The Hall–Kier alpha value is -3.45. The molecule has 1 saturated heterocycles. The van der Waals surface area contributed by atoms with Gasteiger partial charge < -0.3 is 9.47 Å². The molecule has 7 heteroatoms. The first kappa shape index (κ1) is 21.8. The third kappa shape index (κ3) is 4.57. The summed E-state index contributed by atoms with van der Waals surface area (Å²) >= 11 is 0. The van der Waals surface area contributed by atoms with Crippen molar-refractivity contribution < 1.29 is 19.1 Å². The van der Waals surface area contributed by atoms with Crippen molar-refractivity contribution in [3.05, 3.63) is 72.4 Å². The van der Waals surface area contributed by atoms with E-state index in [4.69, 9.17) is 14.6 Å². The van der Waals surface area contributed by atoms with E-state index in [0.717, 1.165) is 22.5 Å². The van der Waals surface area contributed by atoms with Crippen LogP contribution in [0.1, 0.15) is 18.4 Å². The van der Waals surface area contributed by atoms with Crippen molar-refractivity contribution in [1.29, 1.82) is 0 Å². The molecule has 0 radical (unpaired) electrons. The zero-order valence-corrected chi connectivity index (χ0v) is 18.3. The Morgan fingerprint density at radius 2 is 1.62 bits per heavy atom. The van der Waals surface area contributed by atoms with E-state index in [1.54, 1.807) is 0 Å². The van der Waals surface area contributed by atoms with Gasteiger partial charge in [-0.2, -0.15) is 5.10 Å². The van der Waals surface area contributed by atoms with Gasteiger partial charge in [-0.1, -0.05) is 48.5 Å². The molecule has 0 saturated carbocycles. The summed E-state index contributed by atoms with van der Waals surface area (Å²) in [5.41, 5.74) is 3.85. The lowest BCUT2D eigenvalue weighted by atomic mass is 9.90. The molecule has 0 aliphatic carbocycles. The minimum absolute atomic E-state index is 0.277. The molecule has 0 unspecified atom stereocenters. The molecule has 32 heavy (non-hydrogen) atoms. The summed E-state index contributed by atoms with van der Waals surface area (Å²) in [6.07, 6.45) is 3.03. The number of aromatic nitrogens is 2. The Bertz CT molecular complexity index is 1070. The van der Waals surface area contributed by atoms with E-state index < -0.39 is 6.04 Å². The van der Waals surface area contributed by atoms with Gasteiger partial charge in [-0.25, -0.2) is 4.68 Å². The van der Waals surface area contributed by atoms with Crippen molar-refractivity contribution in [2.75, 3.05) is 20.8 Å². The smallest absolute Gasteiger partial charge is 0.323 e. The molecule has 0 N–H and O–H groups in total. The van der Waals surface area contributed by atoms with Crippen LogP contribution >= 0.6 is 0 Å². The van der Waals surface area contributed by atoms with E-state index in [-0.39, 0.29) is 17.9 Å². The molecule has 7 nitrogen and oxygen atoms in total. The number of likely N-dealkylation sites (tertiary alicyclic amines) is 1.